The van der Waals surface area contributed by atoms with Gasteiger partial charge < -0.3 is 5.73 Å². The summed E-state index contributed by atoms with van der Waals surface area (Å²) in [5, 5.41) is 0. The van der Waals surface area contributed by atoms with E-state index in [1.807, 2.05) is 6.20 Å². The Kier molecular flexibility index (Phi) is 1.97. The largest absolute Gasteiger partial charge is 0.327 e. The van der Waals surface area contributed by atoms with Crippen molar-refractivity contribution < 1.29 is 0 Å². The van der Waals surface area contributed by atoms with E-state index in [1.165, 1.54) is 37.7 Å². The van der Waals surface area contributed by atoms with Crippen LogP contribution in [-0.4, -0.2) is 11.0 Å². The molecule has 1 heterocycles. The Labute approximate surface area is 103 Å². The van der Waals surface area contributed by atoms with E-state index >= 15 is 0 Å². The molecular weight excluding hydrogens is 208 g/mol. The predicted octanol–water partition coefficient (Wildman–Crippen LogP) is 2.49. The van der Waals surface area contributed by atoms with Gasteiger partial charge in [0.2, 0.25) is 0 Å². The third kappa shape index (κ3) is 1.33. The third-order valence-electron chi connectivity index (χ3n) is 5.62. The molecule has 0 saturated heterocycles. The summed E-state index contributed by atoms with van der Waals surface area (Å²) in [6, 6.07) is 4.86. The fourth-order valence-corrected chi connectivity index (χ4v) is 5.09. The van der Waals surface area contributed by atoms with Gasteiger partial charge in [0.15, 0.2) is 0 Å². The van der Waals surface area contributed by atoms with Crippen LogP contribution in [0.2, 0.25) is 0 Å². The monoisotopic (exact) mass is 228 g/mol. The first-order chi connectivity index (χ1) is 8.27. The number of rotatable bonds is 1. The van der Waals surface area contributed by atoms with Crippen molar-refractivity contribution in [3.63, 3.8) is 0 Å². The summed E-state index contributed by atoms with van der Waals surface area (Å²) in [4.78, 5) is 4.33. The molecule has 4 aliphatic rings. The molecule has 1 aromatic heterocycles. The molecule has 2 N–H and O–H groups in total. The van der Waals surface area contributed by atoms with Crippen LogP contribution >= 0.6 is 0 Å². The molecular formula is C15H20N2. The number of hydrogen-bond acceptors (Lipinski definition) is 2. The lowest BCUT2D eigenvalue weighted by Crippen LogP contribution is -2.58. The normalized spacial score (nSPS) is 47.4. The number of hydrogen-bond donors (Lipinski definition) is 1. The maximum Gasteiger partial charge on any atom is 0.0305 e. The Morgan fingerprint density at radius 1 is 1.18 bits per heavy atom. The lowest BCUT2D eigenvalue weighted by molar-refractivity contribution is -0.0227. The topological polar surface area (TPSA) is 38.9 Å². The summed E-state index contributed by atoms with van der Waals surface area (Å²) in [6.45, 7) is 0. The van der Waals surface area contributed by atoms with Crippen molar-refractivity contribution in [3.8, 4) is 0 Å². The van der Waals surface area contributed by atoms with Gasteiger partial charge in [0.1, 0.15) is 0 Å². The van der Waals surface area contributed by atoms with Crippen LogP contribution in [0.15, 0.2) is 24.5 Å². The Morgan fingerprint density at radius 2 is 1.94 bits per heavy atom. The highest BCUT2D eigenvalue weighted by atomic mass is 14.8. The smallest absolute Gasteiger partial charge is 0.0305 e. The van der Waals surface area contributed by atoms with E-state index in [-0.39, 0.29) is 0 Å². The molecule has 0 aromatic carbocycles. The zero-order valence-electron chi connectivity index (χ0n) is 10.2. The molecule has 2 atom stereocenters. The Hall–Kier alpha value is -0.890. The number of nitrogens with zero attached hydrogens (tertiary/aromatic N) is 1. The van der Waals surface area contributed by atoms with E-state index in [4.69, 9.17) is 5.73 Å². The van der Waals surface area contributed by atoms with E-state index < -0.39 is 0 Å². The van der Waals surface area contributed by atoms with Crippen molar-refractivity contribution in [1.82, 2.24) is 4.98 Å². The zero-order chi connectivity index (χ0) is 11.5. The highest BCUT2D eigenvalue weighted by Crippen LogP contribution is 2.60. The Morgan fingerprint density at radius 3 is 2.59 bits per heavy atom. The summed E-state index contributed by atoms with van der Waals surface area (Å²) in [5.41, 5.74) is 8.30. The van der Waals surface area contributed by atoms with Crippen LogP contribution in [0, 0.1) is 17.8 Å². The van der Waals surface area contributed by atoms with Crippen molar-refractivity contribution in [2.75, 3.05) is 0 Å². The average Bonchev–Trinajstić information content (AvgIpc) is 2.36. The van der Waals surface area contributed by atoms with Crippen LogP contribution in [-0.2, 0) is 5.41 Å². The molecule has 0 aliphatic heterocycles. The second-order valence-corrected chi connectivity index (χ2v) is 6.57. The van der Waals surface area contributed by atoms with Crippen molar-refractivity contribution in [1.29, 1.82) is 0 Å². The molecule has 17 heavy (non-hydrogen) atoms. The highest BCUT2D eigenvalue weighted by Gasteiger charge is 2.54. The van der Waals surface area contributed by atoms with Crippen LogP contribution in [0.25, 0.3) is 0 Å². The molecule has 4 fully saturated rings. The fraction of sp³-hybridized carbons (Fsp3) is 0.667. The zero-order valence-corrected chi connectivity index (χ0v) is 10.2. The van der Waals surface area contributed by atoms with Crippen molar-refractivity contribution in [2.45, 2.75) is 43.6 Å². The van der Waals surface area contributed by atoms with Crippen LogP contribution in [0.1, 0.15) is 37.7 Å². The van der Waals surface area contributed by atoms with E-state index in [9.17, 15) is 0 Å². The summed E-state index contributed by atoms with van der Waals surface area (Å²) >= 11 is 0. The van der Waals surface area contributed by atoms with Crippen molar-refractivity contribution in [2.24, 2.45) is 23.5 Å². The van der Waals surface area contributed by atoms with E-state index in [2.05, 4.69) is 23.3 Å². The van der Waals surface area contributed by atoms with Gasteiger partial charge in [-0.05, 0) is 66.9 Å². The van der Waals surface area contributed by atoms with Crippen LogP contribution in [0.4, 0.5) is 0 Å². The van der Waals surface area contributed by atoms with Gasteiger partial charge in [0.25, 0.3) is 0 Å². The van der Waals surface area contributed by atoms with Crippen molar-refractivity contribution in [3.05, 3.63) is 30.1 Å². The minimum atomic E-state index is 0.431. The first-order valence-corrected chi connectivity index (χ1v) is 6.93. The van der Waals surface area contributed by atoms with E-state index in [0.29, 0.717) is 11.5 Å². The standard InChI is InChI=1S/C15H20N2/c16-14-11-4-10-5-12(14)8-15(6-10,7-11)13-2-1-3-17-9-13/h1-3,9-12,14H,4-8,16H2. The van der Waals surface area contributed by atoms with Gasteiger partial charge in [-0.15, -0.1) is 0 Å². The highest BCUT2D eigenvalue weighted by molar-refractivity contribution is 5.27. The molecule has 4 bridgehead atoms. The number of pyridine rings is 1. The molecule has 0 spiro atoms. The minimum absolute atomic E-state index is 0.431. The summed E-state index contributed by atoms with van der Waals surface area (Å²) < 4.78 is 0. The second kappa shape index (κ2) is 3.32. The number of aromatic nitrogens is 1. The quantitative estimate of drug-likeness (QED) is 0.802. The van der Waals surface area contributed by atoms with Crippen LogP contribution < -0.4 is 5.73 Å². The maximum absolute atomic E-state index is 6.39. The SMILES string of the molecule is NC1C2CC3CC1CC(c1cccnc1)(C3)C2. The lowest BCUT2D eigenvalue weighted by Gasteiger charge is -2.59. The van der Waals surface area contributed by atoms with Crippen LogP contribution in [0.3, 0.4) is 0 Å². The average molecular weight is 228 g/mol. The molecule has 90 valence electrons. The Balaban J connectivity index is 1.76. The van der Waals surface area contributed by atoms with Gasteiger partial charge in [0.05, 0.1) is 0 Å². The van der Waals surface area contributed by atoms with Gasteiger partial charge in [-0.25, -0.2) is 0 Å². The molecule has 2 heteroatoms. The summed E-state index contributed by atoms with van der Waals surface area (Å²) in [7, 11) is 0. The van der Waals surface area contributed by atoms with Gasteiger partial charge in [-0.1, -0.05) is 6.07 Å². The minimum Gasteiger partial charge on any atom is -0.327 e. The molecule has 4 aliphatic carbocycles. The lowest BCUT2D eigenvalue weighted by atomic mass is 9.46. The second-order valence-electron chi connectivity index (χ2n) is 6.57. The fourth-order valence-electron chi connectivity index (χ4n) is 5.09. The first kappa shape index (κ1) is 10.1. The maximum atomic E-state index is 6.39. The van der Waals surface area contributed by atoms with Crippen molar-refractivity contribution >= 4 is 0 Å². The molecule has 1 aromatic rings. The molecule has 0 radical (unpaired) electrons. The van der Waals surface area contributed by atoms with E-state index in [1.54, 1.807) is 0 Å². The molecule has 2 unspecified atom stereocenters. The van der Waals surface area contributed by atoms with Gasteiger partial charge in [-0.2, -0.15) is 0 Å². The van der Waals surface area contributed by atoms with E-state index in [0.717, 1.165) is 17.8 Å². The first-order valence-electron chi connectivity index (χ1n) is 6.93. The molecule has 2 nitrogen and oxygen atoms in total. The molecule has 0 amide bonds. The summed E-state index contributed by atoms with van der Waals surface area (Å²) in [6.07, 6.45) is 10.8. The van der Waals surface area contributed by atoms with Gasteiger partial charge in [-0.3, -0.25) is 4.98 Å². The third-order valence-corrected chi connectivity index (χ3v) is 5.62. The van der Waals surface area contributed by atoms with Crippen LogP contribution in [0.5, 0.6) is 0 Å². The molecule has 4 saturated carbocycles. The molecule has 5 rings (SSSR count). The van der Waals surface area contributed by atoms with Gasteiger partial charge >= 0.3 is 0 Å². The van der Waals surface area contributed by atoms with Gasteiger partial charge in [0, 0.05) is 18.4 Å². The Bertz CT molecular complexity index is 412. The number of nitrogens with two attached hydrogens (primary N) is 1. The summed E-state index contributed by atoms with van der Waals surface area (Å²) in [5.74, 6) is 2.50. The predicted molar refractivity (Wildman–Crippen MR) is 67.4 cm³/mol.